The Morgan fingerprint density at radius 1 is 1.26 bits per heavy atom. The van der Waals surface area contributed by atoms with Crippen LogP contribution < -0.4 is 16.4 Å². The summed E-state index contributed by atoms with van der Waals surface area (Å²) < 4.78 is 0. The Kier molecular flexibility index (Phi) is 5.89. The van der Waals surface area contributed by atoms with Gasteiger partial charge in [-0.15, -0.1) is 0 Å². The van der Waals surface area contributed by atoms with Gasteiger partial charge in [0.2, 0.25) is 5.91 Å². The second kappa shape index (κ2) is 8.17. The maximum atomic E-state index is 12.6. The van der Waals surface area contributed by atoms with Gasteiger partial charge in [-0.3, -0.25) is 4.79 Å². The van der Waals surface area contributed by atoms with E-state index in [4.69, 9.17) is 28.9 Å². The molecule has 0 aromatic heterocycles. The van der Waals surface area contributed by atoms with E-state index in [1.807, 2.05) is 30.3 Å². The summed E-state index contributed by atoms with van der Waals surface area (Å²) in [7, 11) is 0. The molecule has 8 heteroatoms. The van der Waals surface area contributed by atoms with Gasteiger partial charge in [0, 0.05) is 27.7 Å². The molecule has 0 bridgehead atoms. The Morgan fingerprint density at radius 3 is 2.63 bits per heavy atom. The molecule has 0 spiro atoms. The molecule has 2 aromatic rings. The van der Waals surface area contributed by atoms with E-state index in [-0.39, 0.29) is 12.3 Å². The topological polar surface area (TPSA) is 104 Å². The molecule has 1 amide bonds. The van der Waals surface area contributed by atoms with Gasteiger partial charge < -0.3 is 21.5 Å². The van der Waals surface area contributed by atoms with Gasteiger partial charge in [0.25, 0.3) is 0 Å². The standard InChI is InChI=1S/C19H19Cl2N3O3/c20-11-7-12(21)17-14(8-11)23-16(19(26)27)9-15(17)24-18(25)13(22)6-10-4-2-1-3-5-10/h1-5,7-8,13,15-16,23H,6,9,22H2,(H,24,25)(H,26,27)/t13-,15+,16+/m1/s1. The van der Waals surface area contributed by atoms with E-state index < -0.39 is 24.1 Å². The summed E-state index contributed by atoms with van der Waals surface area (Å²) in [5, 5.41) is 15.9. The number of fused-ring (bicyclic) bond motifs is 1. The van der Waals surface area contributed by atoms with Crippen molar-refractivity contribution < 1.29 is 14.7 Å². The lowest BCUT2D eigenvalue weighted by atomic mass is 9.92. The maximum absolute atomic E-state index is 12.6. The molecular formula is C19H19Cl2N3O3. The van der Waals surface area contributed by atoms with Gasteiger partial charge in [-0.1, -0.05) is 53.5 Å². The van der Waals surface area contributed by atoms with Gasteiger partial charge in [-0.05, 0) is 24.1 Å². The van der Waals surface area contributed by atoms with Crippen LogP contribution in [0.15, 0.2) is 42.5 Å². The molecule has 3 rings (SSSR count). The van der Waals surface area contributed by atoms with E-state index in [0.29, 0.717) is 27.7 Å². The van der Waals surface area contributed by atoms with Crippen LogP contribution >= 0.6 is 23.2 Å². The van der Waals surface area contributed by atoms with Gasteiger partial charge in [-0.25, -0.2) is 4.79 Å². The maximum Gasteiger partial charge on any atom is 0.326 e. The third-order valence-corrected chi connectivity index (χ3v) is 5.02. The largest absolute Gasteiger partial charge is 0.480 e. The predicted octanol–water partition coefficient (Wildman–Crippen LogP) is 2.99. The zero-order valence-electron chi connectivity index (χ0n) is 14.3. The summed E-state index contributed by atoms with van der Waals surface area (Å²) in [6.45, 7) is 0. The number of halogens is 2. The van der Waals surface area contributed by atoms with Crippen LogP contribution in [0.5, 0.6) is 0 Å². The number of carbonyl (C=O) groups is 2. The number of aliphatic carboxylic acids is 1. The number of amides is 1. The van der Waals surface area contributed by atoms with Gasteiger partial charge in [0.15, 0.2) is 0 Å². The number of carbonyl (C=O) groups excluding carboxylic acids is 1. The SMILES string of the molecule is N[C@H](Cc1ccccc1)C(=O)N[C@H]1C[C@@H](C(=O)O)Nc2cc(Cl)cc(Cl)c21. The van der Waals surface area contributed by atoms with E-state index in [1.54, 1.807) is 12.1 Å². The number of hydrogen-bond acceptors (Lipinski definition) is 4. The average molecular weight is 408 g/mol. The summed E-state index contributed by atoms with van der Waals surface area (Å²) >= 11 is 12.3. The highest BCUT2D eigenvalue weighted by Gasteiger charge is 2.34. The van der Waals surface area contributed by atoms with Gasteiger partial charge >= 0.3 is 5.97 Å². The van der Waals surface area contributed by atoms with Gasteiger partial charge in [0.05, 0.1) is 12.1 Å². The highest BCUT2D eigenvalue weighted by Crippen LogP contribution is 2.39. The van der Waals surface area contributed by atoms with Crippen LogP contribution in [0.3, 0.4) is 0 Å². The Labute approximate surface area is 166 Å². The molecule has 1 aliphatic heterocycles. The fraction of sp³-hybridized carbons (Fsp3) is 0.263. The van der Waals surface area contributed by atoms with E-state index in [1.165, 1.54) is 0 Å². The number of carboxylic acid groups (broad SMARTS) is 1. The van der Waals surface area contributed by atoms with Crippen molar-refractivity contribution in [1.82, 2.24) is 5.32 Å². The summed E-state index contributed by atoms with van der Waals surface area (Å²) in [6, 6.07) is 10.4. The van der Waals surface area contributed by atoms with Crippen molar-refractivity contribution in [3.05, 3.63) is 63.6 Å². The zero-order valence-corrected chi connectivity index (χ0v) is 15.8. The number of carboxylic acids is 1. The molecule has 0 saturated carbocycles. The summed E-state index contributed by atoms with van der Waals surface area (Å²) in [5.41, 5.74) is 8.09. The Hall–Kier alpha value is -2.28. The van der Waals surface area contributed by atoms with Crippen LogP contribution in [-0.4, -0.2) is 29.1 Å². The second-order valence-electron chi connectivity index (χ2n) is 6.48. The van der Waals surface area contributed by atoms with Crippen molar-refractivity contribution in [2.24, 2.45) is 5.73 Å². The zero-order chi connectivity index (χ0) is 19.6. The average Bonchev–Trinajstić information content (AvgIpc) is 2.61. The molecule has 1 heterocycles. The summed E-state index contributed by atoms with van der Waals surface area (Å²) in [4.78, 5) is 24.1. The minimum Gasteiger partial charge on any atom is -0.480 e. The quantitative estimate of drug-likeness (QED) is 0.609. The molecular weight excluding hydrogens is 389 g/mol. The van der Waals surface area contributed by atoms with E-state index >= 15 is 0 Å². The highest BCUT2D eigenvalue weighted by molar-refractivity contribution is 6.35. The third-order valence-electron chi connectivity index (χ3n) is 4.49. The third kappa shape index (κ3) is 4.53. The van der Waals surface area contributed by atoms with Crippen LogP contribution in [0.4, 0.5) is 5.69 Å². The first kappa shape index (κ1) is 19.5. The minimum atomic E-state index is -1.02. The van der Waals surface area contributed by atoms with Crippen molar-refractivity contribution in [1.29, 1.82) is 0 Å². The molecule has 0 unspecified atom stereocenters. The fourth-order valence-electron chi connectivity index (χ4n) is 3.19. The van der Waals surface area contributed by atoms with Crippen molar-refractivity contribution in [2.75, 3.05) is 5.32 Å². The van der Waals surface area contributed by atoms with E-state index in [0.717, 1.165) is 5.56 Å². The number of benzene rings is 2. The van der Waals surface area contributed by atoms with Crippen LogP contribution in [0, 0.1) is 0 Å². The van der Waals surface area contributed by atoms with Crippen LogP contribution in [0.25, 0.3) is 0 Å². The smallest absolute Gasteiger partial charge is 0.326 e. The molecule has 6 nitrogen and oxygen atoms in total. The minimum absolute atomic E-state index is 0.146. The molecule has 0 aliphatic carbocycles. The van der Waals surface area contributed by atoms with E-state index in [9.17, 15) is 14.7 Å². The van der Waals surface area contributed by atoms with Gasteiger partial charge in [0.1, 0.15) is 6.04 Å². The molecule has 1 aliphatic rings. The highest BCUT2D eigenvalue weighted by atomic mass is 35.5. The first-order valence-corrected chi connectivity index (χ1v) is 9.19. The van der Waals surface area contributed by atoms with Gasteiger partial charge in [-0.2, -0.15) is 0 Å². The number of nitrogens with one attached hydrogen (secondary N) is 2. The number of rotatable bonds is 5. The lowest BCUT2D eigenvalue weighted by molar-refractivity contribution is -0.138. The Balaban J connectivity index is 1.80. The molecule has 0 saturated heterocycles. The molecule has 2 aromatic carbocycles. The first-order chi connectivity index (χ1) is 12.8. The van der Waals surface area contributed by atoms with Crippen molar-refractivity contribution in [3.63, 3.8) is 0 Å². The molecule has 27 heavy (non-hydrogen) atoms. The first-order valence-electron chi connectivity index (χ1n) is 8.43. The fourth-order valence-corrected chi connectivity index (χ4v) is 3.82. The Morgan fingerprint density at radius 2 is 1.96 bits per heavy atom. The normalized spacial score (nSPS) is 19.5. The second-order valence-corrected chi connectivity index (χ2v) is 7.32. The van der Waals surface area contributed by atoms with Crippen LogP contribution in [0.2, 0.25) is 10.0 Å². The Bertz CT molecular complexity index is 861. The van der Waals surface area contributed by atoms with E-state index in [2.05, 4.69) is 10.6 Å². The predicted molar refractivity (Wildman–Crippen MR) is 105 cm³/mol. The lowest BCUT2D eigenvalue weighted by Crippen LogP contribution is -2.47. The van der Waals surface area contributed by atoms with Crippen molar-refractivity contribution >= 4 is 40.8 Å². The monoisotopic (exact) mass is 407 g/mol. The van der Waals surface area contributed by atoms with Crippen molar-refractivity contribution in [2.45, 2.75) is 31.0 Å². The molecule has 0 radical (unpaired) electrons. The van der Waals surface area contributed by atoms with Crippen LogP contribution in [-0.2, 0) is 16.0 Å². The lowest BCUT2D eigenvalue weighted by Gasteiger charge is -2.33. The molecule has 142 valence electrons. The number of hydrogen-bond donors (Lipinski definition) is 4. The molecule has 0 fully saturated rings. The molecule has 5 N–H and O–H groups in total. The molecule has 3 atom stereocenters. The van der Waals surface area contributed by atoms with Crippen molar-refractivity contribution in [3.8, 4) is 0 Å². The van der Waals surface area contributed by atoms with Crippen LogP contribution in [0.1, 0.15) is 23.6 Å². The number of nitrogens with two attached hydrogens (primary N) is 1. The summed E-state index contributed by atoms with van der Waals surface area (Å²) in [5.74, 6) is -1.39. The number of anilines is 1. The summed E-state index contributed by atoms with van der Waals surface area (Å²) in [6.07, 6.45) is 0.523.